The van der Waals surface area contributed by atoms with Crippen LogP contribution in [0, 0.1) is 5.92 Å². The largest absolute Gasteiger partial charge is 0.389 e. The van der Waals surface area contributed by atoms with E-state index in [-0.39, 0.29) is 0 Å². The summed E-state index contributed by atoms with van der Waals surface area (Å²) in [6.45, 7) is 10.0. The van der Waals surface area contributed by atoms with Gasteiger partial charge >= 0.3 is 0 Å². The minimum atomic E-state index is -0.726. The molecule has 1 aliphatic carbocycles. The second-order valence-electron chi connectivity index (χ2n) is 5.99. The fourth-order valence-electron chi connectivity index (χ4n) is 2.34. The minimum Gasteiger partial charge on any atom is -0.389 e. The molecule has 0 amide bonds. The van der Waals surface area contributed by atoms with E-state index < -0.39 is 5.60 Å². The molecular formula is C13H28N2O. The number of nitrogens with two attached hydrogens (primary N) is 1. The van der Waals surface area contributed by atoms with Crippen LogP contribution in [0.2, 0.25) is 0 Å². The highest BCUT2D eigenvalue weighted by Crippen LogP contribution is 2.31. The maximum Gasteiger partial charge on any atom is 0.0756 e. The van der Waals surface area contributed by atoms with E-state index in [1.54, 1.807) is 0 Å². The van der Waals surface area contributed by atoms with Crippen LogP contribution in [0.5, 0.6) is 0 Å². The lowest BCUT2D eigenvalue weighted by molar-refractivity contribution is 0.0206. The Kier molecular flexibility index (Phi) is 4.77. The molecule has 0 heterocycles. The second-order valence-corrected chi connectivity index (χ2v) is 5.99. The van der Waals surface area contributed by atoms with Crippen LogP contribution >= 0.6 is 0 Å². The molecule has 3 heteroatoms. The first-order chi connectivity index (χ1) is 7.35. The van der Waals surface area contributed by atoms with Crippen LogP contribution in [-0.4, -0.2) is 40.8 Å². The molecule has 0 spiro atoms. The van der Waals surface area contributed by atoms with Gasteiger partial charge in [0, 0.05) is 25.2 Å². The van der Waals surface area contributed by atoms with Gasteiger partial charge in [0.15, 0.2) is 0 Å². The SMILES string of the molecule is CC(C)N(CC1CC1)C(C)CC(C)(O)CN. The zero-order valence-corrected chi connectivity index (χ0v) is 11.2. The van der Waals surface area contributed by atoms with Gasteiger partial charge in [0.2, 0.25) is 0 Å². The maximum absolute atomic E-state index is 10.0. The van der Waals surface area contributed by atoms with E-state index in [9.17, 15) is 5.11 Å². The van der Waals surface area contributed by atoms with E-state index in [0.29, 0.717) is 18.6 Å². The van der Waals surface area contributed by atoms with Crippen LogP contribution in [0.3, 0.4) is 0 Å². The molecule has 1 saturated carbocycles. The van der Waals surface area contributed by atoms with Crippen LogP contribution in [0.25, 0.3) is 0 Å². The summed E-state index contributed by atoms with van der Waals surface area (Å²) < 4.78 is 0. The van der Waals surface area contributed by atoms with E-state index in [1.807, 2.05) is 6.92 Å². The van der Waals surface area contributed by atoms with Crippen molar-refractivity contribution in [2.75, 3.05) is 13.1 Å². The first-order valence-electron chi connectivity index (χ1n) is 6.54. The summed E-state index contributed by atoms with van der Waals surface area (Å²) in [4.78, 5) is 2.50. The molecule has 16 heavy (non-hydrogen) atoms. The summed E-state index contributed by atoms with van der Waals surface area (Å²) >= 11 is 0. The van der Waals surface area contributed by atoms with E-state index >= 15 is 0 Å². The highest BCUT2D eigenvalue weighted by Gasteiger charge is 2.31. The molecule has 3 nitrogen and oxygen atoms in total. The second kappa shape index (κ2) is 5.48. The minimum absolute atomic E-state index is 0.340. The van der Waals surface area contributed by atoms with E-state index in [1.165, 1.54) is 19.4 Å². The highest BCUT2D eigenvalue weighted by atomic mass is 16.3. The fourth-order valence-corrected chi connectivity index (χ4v) is 2.34. The van der Waals surface area contributed by atoms with Gasteiger partial charge in [-0.15, -0.1) is 0 Å². The Balaban J connectivity index is 2.48. The molecule has 0 aromatic heterocycles. The first kappa shape index (κ1) is 13.9. The quantitative estimate of drug-likeness (QED) is 0.696. The smallest absolute Gasteiger partial charge is 0.0756 e. The third-order valence-corrected chi connectivity index (χ3v) is 3.57. The van der Waals surface area contributed by atoms with Gasteiger partial charge in [-0.2, -0.15) is 0 Å². The maximum atomic E-state index is 10.0. The first-order valence-corrected chi connectivity index (χ1v) is 6.54. The zero-order valence-electron chi connectivity index (χ0n) is 11.2. The molecule has 0 bridgehead atoms. The molecule has 2 atom stereocenters. The summed E-state index contributed by atoms with van der Waals surface area (Å²) in [6, 6.07) is 0.948. The van der Waals surface area contributed by atoms with Gasteiger partial charge in [-0.1, -0.05) is 0 Å². The van der Waals surface area contributed by atoms with Gasteiger partial charge in [-0.25, -0.2) is 0 Å². The summed E-state index contributed by atoms with van der Waals surface area (Å²) in [5, 5.41) is 10.0. The molecule has 0 saturated heterocycles. The number of nitrogens with zero attached hydrogens (tertiary/aromatic N) is 1. The van der Waals surface area contributed by atoms with Gasteiger partial charge in [0.25, 0.3) is 0 Å². The van der Waals surface area contributed by atoms with Crippen LogP contribution in [0.4, 0.5) is 0 Å². The van der Waals surface area contributed by atoms with Gasteiger partial charge in [0.1, 0.15) is 0 Å². The van der Waals surface area contributed by atoms with E-state index in [2.05, 4.69) is 25.7 Å². The molecule has 2 unspecified atom stereocenters. The number of hydrogen-bond acceptors (Lipinski definition) is 3. The molecule has 3 N–H and O–H groups in total. The van der Waals surface area contributed by atoms with Gasteiger partial charge in [-0.3, -0.25) is 4.90 Å². The normalized spacial score (nSPS) is 22.5. The molecule has 0 aromatic carbocycles. The molecule has 0 aromatic rings. The zero-order chi connectivity index (χ0) is 12.3. The van der Waals surface area contributed by atoms with Gasteiger partial charge in [0.05, 0.1) is 5.60 Å². The number of rotatable bonds is 7. The van der Waals surface area contributed by atoms with Crippen molar-refractivity contribution in [3.05, 3.63) is 0 Å². The topological polar surface area (TPSA) is 49.5 Å². The van der Waals surface area contributed by atoms with E-state index in [4.69, 9.17) is 5.73 Å². The van der Waals surface area contributed by atoms with Crippen molar-refractivity contribution in [2.45, 2.75) is 64.6 Å². The van der Waals surface area contributed by atoms with Crippen LogP contribution < -0.4 is 5.73 Å². The molecule has 96 valence electrons. The number of hydrogen-bond donors (Lipinski definition) is 2. The predicted octanol–water partition coefficient (Wildman–Crippen LogP) is 1.60. The summed E-state index contributed by atoms with van der Waals surface area (Å²) in [5.41, 5.74) is 4.85. The van der Waals surface area contributed by atoms with Crippen LogP contribution in [0.15, 0.2) is 0 Å². The predicted molar refractivity (Wildman–Crippen MR) is 68.3 cm³/mol. The Bertz CT molecular complexity index is 212. The summed E-state index contributed by atoms with van der Waals surface area (Å²) in [5.74, 6) is 0.896. The van der Waals surface area contributed by atoms with Crippen molar-refractivity contribution >= 4 is 0 Å². The summed E-state index contributed by atoms with van der Waals surface area (Å²) in [6.07, 6.45) is 3.51. The third kappa shape index (κ3) is 4.40. The van der Waals surface area contributed by atoms with Crippen LogP contribution in [0.1, 0.15) is 47.0 Å². The molecule has 0 aliphatic heterocycles. The number of aliphatic hydroxyl groups is 1. The van der Waals surface area contributed by atoms with Crippen molar-refractivity contribution < 1.29 is 5.11 Å². The third-order valence-electron chi connectivity index (χ3n) is 3.57. The monoisotopic (exact) mass is 228 g/mol. The van der Waals surface area contributed by atoms with Gasteiger partial charge < -0.3 is 10.8 Å². The fraction of sp³-hybridized carbons (Fsp3) is 1.00. The molecule has 1 aliphatic rings. The van der Waals surface area contributed by atoms with E-state index in [0.717, 1.165) is 12.3 Å². The lowest BCUT2D eigenvalue weighted by atomic mass is 9.96. The average molecular weight is 228 g/mol. The average Bonchev–Trinajstić information content (AvgIpc) is 2.96. The molecule has 0 radical (unpaired) electrons. The van der Waals surface area contributed by atoms with Gasteiger partial charge in [-0.05, 0) is 52.9 Å². The highest BCUT2D eigenvalue weighted by molar-refractivity contribution is 4.85. The Hall–Kier alpha value is -0.120. The molecule has 1 fully saturated rings. The van der Waals surface area contributed by atoms with Crippen molar-refractivity contribution in [1.29, 1.82) is 0 Å². The molecular weight excluding hydrogens is 200 g/mol. The van der Waals surface area contributed by atoms with Crippen molar-refractivity contribution in [1.82, 2.24) is 4.90 Å². The Morgan fingerprint density at radius 2 is 1.94 bits per heavy atom. The van der Waals surface area contributed by atoms with Crippen LogP contribution in [-0.2, 0) is 0 Å². The van der Waals surface area contributed by atoms with Crippen molar-refractivity contribution in [3.63, 3.8) is 0 Å². The summed E-state index contributed by atoms with van der Waals surface area (Å²) in [7, 11) is 0. The van der Waals surface area contributed by atoms with Crippen molar-refractivity contribution in [2.24, 2.45) is 11.7 Å². The Morgan fingerprint density at radius 1 is 1.38 bits per heavy atom. The lowest BCUT2D eigenvalue weighted by Crippen LogP contribution is -2.46. The lowest BCUT2D eigenvalue weighted by Gasteiger charge is -2.36. The molecule has 1 rings (SSSR count). The van der Waals surface area contributed by atoms with Crippen molar-refractivity contribution in [3.8, 4) is 0 Å². The Labute approximate surface area is 100 Å². The Morgan fingerprint density at radius 3 is 2.31 bits per heavy atom. The standard InChI is InChI=1S/C13H28N2O/c1-10(2)15(8-12-5-6-12)11(3)7-13(4,16)9-14/h10-12,16H,5-9,14H2,1-4H3.